The maximum atomic E-state index is 10.9. The number of benzene rings is 1. The third-order valence-corrected chi connectivity index (χ3v) is 3.54. The van der Waals surface area contributed by atoms with E-state index in [0.717, 1.165) is 29.7 Å². The van der Waals surface area contributed by atoms with Crippen LogP contribution in [0.5, 0.6) is 5.75 Å². The van der Waals surface area contributed by atoms with Gasteiger partial charge < -0.3 is 14.6 Å². The Morgan fingerprint density at radius 1 is 1.41 bits per heavy atom. The Labute approximate surface area is 99.2 Å². The van der Waals surface area contributed by atoms with Crippen LogP contribution in [0, 0.1) is 0 Å². The summed E-state index contributed by atoms with van der Waals surface area (Å²) in [4.78, 5) is 10.9. The molecule has 90 valence electrons. The van der Waals surface area contributed by atoms with Gasteiger partial charge in [-0.1, -0.05) is 6.07 Å². The van der Waals surface area contributed by atoms with E-state index in [1.165, 1.54) is 0 Å². The van der Waals surface area contributed by atoms with E-state index in [4.69, 9.17) is 14.6 Å². The highest BCUT2D eigenvalue weighted by atomic mass is 16.5. The van der Waals surface area contributed by atoms with E-state index >= 15 is 0 Å². The molecule has 1 saturated heterocycles. The number of carboxylic acids is 1. The van der Waals surface area contributed by atoms with Gasteiger partial charge in [-0.3, -0.25) is 4.79 Å². The molecule has 1 atom stereocenters. The van der Waals surface area contributed by atoms with Gasteiger partial charge in [-0.05, 0) is 23.3 Å². The van der Waals surface area contributed by atoms with Gasteiger partial charge in [0.25, 0.3) is 0 Å². The zero-order chi connectivity index (χ0) is 11.9. The summed E-state index contributed by atoms with van der Waals surface area (Å²) < 4.78 is 11.0. The third-order valence-electron chi connectivity index (χ3n) is 3.54. The minimum atomic E-state index is -0.818. The predicted octanol–water partition coefficient (Wildman–Crippen LogP) is 1.71. The molecule has 1 aromatic carbocycles. The molecule has 4 heteroatoms. The van der Waals surface area contributed by atoms with Gasteiger partial charge in [0, 0.05) is 12.8 Å². The second kappa shape index (κ2) is 3.74. The molecular weight excluding hydrogens is 220 g/mol. The van der Waals surface area contributed by atoms with Gasteiger partial charge in [-0.15, -0.1) is 0 Å². The number of hydrogen-bond donors (Lipinski definition) is 1. The maximum absolute atomic E-state index is 10.9. The number of aliphatic carboxylic acids is 1. The molecule has 3 rings (SSSR count). The molecule has 0 amide bonds. The summed E-state index contributed by atoms with van der Waals surface area (Å²) in [6.45, 7) is 1.35. The summed E-state index contributed by atoms with van der Waals surface area (Å²) in [6, 6.07) is 5.87. The Bertz CT molecular complexity index is 462. The van der Waals surface area contributed by atoms with Crippen molar-refractivity contribution in [3.63, 3.8) is 0 Å². The van der Waals surface area contributed by atoms with Crippen molar-refractivity contribution in [2.45, 2.75) is 24.9 Å². The fraction of sp³-hybridized carbons (Fsp3) is 0.462. The standard InChI is InChI=1S/C13H14O4/c14-12(15)8-13(4-6-17-13)10-1-2-11-9(7-10)3-5-16-11/h1-2,7H,3-6,8H2,(H,14,15). The Hall–Kier alpha value is -1.55. The van der Waals surface area contributed by atoms with Crippen molar-refractivity contribution >= 4 is 5.97 Å². The molecule has 1 aromatic rings. The molecular formula is C13H14O4. The molecule has 1 fully saturated rings. The maximum Gasteiger partial charge on any atom is 0.306 e. The van der Waals surface area contributed by atoms with Crippen LogP contribution in [-0.2, 0) is 21.6 Å². The van der Waals surface area contributed by atoms with Crippen molar-refractivity contribution in [1.82, 2.24) is 0 Å². The second-order valence-corrected chi connectivity index (χ2v) is 4.58. The smallest absolute Gasteiger partial charge is 0.306 e. The van der Waals surface area contributed by atoms with Gasteiger partial charge in [0.2, 0.25) is 0 Å². The molecule has 0 aromatic heterocycles. The highest BCUT2D eigenvalue weighted by molar-refractivity contribution is 5.69. The lowest BCUT2D eigenvalue weighted by Gasteiger charge is -2.41. The van der Waals surface area contributed by atoms with Crippen molar-refractivity contribution in [2.75, 3.05) is 13.2 Å². The van der Waals surface area contributed by atoms with Crippen LogP contribution in [-0.4, -0.2) is 24.3 Å². The summed E-state index contributed by atoms with van der Waals surface area (Å²) in [6.07, 6.45) is 1.71. The minimum Gasteiger partial charge on any atom is -0.493 e. The van der Waals surface area contributed by atoms with Crippen LogP contribution in [0.4, 0.5) is 0 Å². The number of carbonyl (C=O) groups is 1. The van der Waals surface area contributed by atoms with E-state index in [-0.39, 0.29) is 6.42 Å². The normalized spacial score (nSPS) is 25.9. The number of hydrogen-bond acceptors (Lipinski definition) is 3. The molecule has 2 heterocycles. The molecule has 0 saturated carbocycles. The van der Waals surface area contributed by atoms with E-state index < -0.39 is 11.6 Å². The molecule has 17 heavy (non-hydrogen) atoms. The van der Waals surface area contributed by atoms with Gasteiger partial charge in [0.05, 0.1) is 19.6 Å². The largest absolute Gasteiger partial charge is 0.493 e. The minimum absolute atomic E-state index is 0.0344. The first-order valence-electron chi connectivity index (χ1n) is 5.82. The average molecular weight is 234 g/mol. The van der Waals surface area contributed by atoms with Crippen LogP contribution in [0.15, 0.2) is 18.2 Å². The van der Waals surface area contributed by atoms with Gasteiger partial charge in [0.15, 0.2) is 0 Å². The lowest BCUT2D eigenvalue weighted by Crippen LogP contribution is -2.42. The molecule has 0 bridgehead atoms. The lowest BCUT2D eigenvalue weighted by molar-refractivity contribution is -0.176. The lowest BCUT2D eigenvalue weighted by atomic mass is 9.82. The Morgan fingerprint density at radius 2 is 2.24 bits per heavy atom. The summed E-state index contributed by atoms with van der Waals surface area (Å²) in [5, 5.41) is 8.96. The molecule has 2 aliphatic rings. The Balaban J connectivity index is 1.94. The van der Waals surface area contributed by atoms with Crippen molar-refractivity contribution < 1.29 is 19.4 Å². The fourth-order valence-corrected chi connectivity index (χ4v) is 2.53. The Kier molecular flexibility index (Phi) is 2.33. The van der Waals surface area contributed by atoms with Crippen LogP contribution in [0.2, 0.25) is 0 Å². The van der Waals surface area contributed by atoms with Crippen molar-refractivity contribution in [3.05, 3.63) is 29.3 Å². The molecule has 2 aliphatic heterocycles. The first-order chi connectivity index (χ1) is 8.20. The second-order valence-electron chi connectivity index (χ2n) is 4.58. The number of ether oxygens (including phenoxy) is 2. The van der Waals surface area contributed by atoms with Crippen LogP contribution in [0.25, 0.3) is 0 Å². The van der Waals surface area contributed by atoms with E-state index in [1.54, 1.807) is 0 Å². The van der Waals surface area contributed by atoms with Crippen molar-refractivity contribution in [1.29, 1.82) is 0 Å². The van der Waals surface area contributed by atoms with Crippen LogP contribution >= 0.6 is 0 Å². The van der Waals surface area contributed by atoms with Gasteiger partial charge in [-0.2, -0.15) is 0 Å². The van der Waals surface area contributed by atoms with Crippen LogP contribution < -0.4 is 4.74 Å². The fourth-order valence-electron chi connectivity index (χ4n) is 2.53. The summed E-state index contributed by atoms with van der Waals surface area (Å²) in [5.74, 6) is 0.0972. The molecule has 1 N–H and O–H groups in total. The SMILES string of the molecule is O=C(O)CC1(c2ccc3c(c2)CCO3)CCO1. The first kappa shape index (κ1) is 10.6. The number of rotatable bonds is 3. The molecule has 0 spiro atoms. The zero-order valence-electron chi connectivity index (χ0n) is 9.44. The predicted molar refractivity (Wildman–Crippen MR) is 60.1 cm³/mol. The monoisotopic (exact) mass is 234 g/mol. The van der Waals surface area contributed by atoms with Crippen LogP contribution in [0.3, 0.4) is 0 Å². The quantitative estimate of drug-likeness (QED) is 0.865. The van der Waals surface area contributed by atoms with E-state index in [1.807, 2.05) is 18.2 Å². The highest BCUT2D eigenvalue weighted by Gasteiger charge is 2.42. The summed E-state index contributed by atoms with van der Waals surface area (Å²) >= 11 is 0. The molecule has 0 aliphatic carbocycles. The highest BCUT2D eigenvalue weighted by Crippen LogP contribution is 2.42. The van der Waals surface area contributed by atoms with Gasteiger partial charge in [-0.25, -0.2) is 0 Å². The molecule has 4 nitrogen and oxygen atoms in total. The van der Waals surface area contributed by atoms with E-state index in [9.17, 15) is 4.79 Å². The summed E-state index contributed by atoms with van der Waals surface area (Å²) in [7, 11) is 0. The zero-order valence-corrected chi connectivity index (χ0v) is 9.44. The van der Waals surface area contributed by atoms with E-state index in [0.29, 0.717) is 13.2 Å². The average Bonchev–Trinajstić information content (AvgIpc) is 2.69. The first-order valence-corrected chi connectivity index (χ1v) is 5.82. The van der Waals surface area contributed by atoms with Gasteiger partial charge in [0.1, 0.15) is 11.4 Å². The number of fused-ring (bicyclic) bond motifs is 1. The van der Waals surface area contributed by atoms with Crippen molar-refractivity contribution in [2.24, 2.45) is 0 Å². The van der Waals surface area contributed by atoms with Crippen LogP contribution in [0.1, 0.15) is 24.0 Å². The third kappa shape index (κ3) is 1.69. The van der Waals surface area contributed by atoms with Gasteiger partial charge >= 0.3 is 5.97 Å². The molecule has 1 unspecified atom stereocenters. The van der Waals surface area contributed by atoms with E-state index in [2.05, 4.69) is 0 Å². The molecule has 0 radical (unpaired) electrons. The summed E-state index contributed by atoms with van der Waals surface area (Å²) in [5.41, 5.74) is 1.52. The van der Waals surface area contributed by atoms with Crippen molar-refractivity contribution in [3.8, 4) is 5.75 Å². The topological polar surface area (TPSA) is 55.8 Å². The Morgan fingerprint density at radius 3 is 2.88 bits per heavy atom. The number of carboxylic acid groups (broad SMARTS) is 1.